The summed E-state index contributed by atoms with van der Waals surface area (Å²) in [4.78, 5) is 9.86. The molecule has 0 aliphatic rings. The summed E-state index contributed by atoms with van der Waals surface area (Å²) in [6.45, 7) is -0.0322. The summed E-state index contributed by atoms with van der Waals surface area (Å²) in [5.74, 6) is 0.258. The molecule has 84 valence electrons. The van der Waals surface area contributed by atoms with Gasteiger partial charge in [0.05, 0.1) is 16.0 Å². The van der Waals surface area contributed by atoms with Crippen LogP contribution in [-0.4, -0.2) is 16.9 Å². The molecule has 0 heterocycles. The molecule has 7 heteroatoms. The minimum absolute atomic E-state index is 0.0322. The first kappa shape index (κ1) is 12.6. The number of ether oxygens (including phenoxy) is 1. The molecule has 1 rings (SSSR count). The Balaban J connectivity index is 2.76. The van der Waals surface area contributed by atoms with Crippen molar-refractivity contribution in [2.75, 3.05) is 6.61 Å². The highest BCUT2D eigenvalue weighted by Crippen LogP contribution is 2.28. The number of benzene rings is 1. The highest BCUT2D eigenvalue weighted by molar-refractivity contribution is 6.32. The summed E-state index contributed by atoms with van der Waals surface area (Å²) >= 11 is 11.3. The molecule has 0 N–H and O–H groups in total. The Morgan fingerprint density at radius 3 is 2.81 bits per heavy atom. The molecule has 1 unspecified atom stereocenters. The van der Waals surface area contributed by atoms with Crippen LogP contribution in [-0.2, 0) is 0 Å². The van der Waals surface area contributed by atoms with Crippen LogP contribution in [0.25, 0.3) is 0 Å². The Kier molecular flexibility index (Phi) is 4.35. The van der Waals surface area contributed by atoms with E-state index >= 15 is 0 Å². The van der Waals surface area contributed by atoms with Gasteiger partial charge in [-0.1, -0.05) is 11.6 Å². The molecule has 0 aromatic heterocycles. The summed E-state index contributed by atoms with van der Waals surface area (Å²) in [5.41, 5.74) is -0.125. The van der Waals surface area contributed by atoms with Crippen LogP contribution in [0, 0.1) is 21.4 Å². The van der Waals surface area contributed by atoms with Crippen LogP contribution < -0.4 is 4.74 Å². The van der Waals surface area contributed by atoms with E-state index in [4.69, 9.17) is 33.2 Å². The molecule has 0 amide bonds. The van der Waals surface area contributed by atoms with E-state index in [-0.39, 0.29) is 23.1 Å². The lowest BCUT2D eigenvalue weighted by atomic mass is 10.3. The van der Waals surface area contributed by atoms with Gasteiger partial charge in [-0.3, -0.25) is 10.1 Å². The maximum absolute atomic E-state index is 10.4. The zero-order valence-corrected chi connectivity index (χ0v) is 9.40. The van der Waals surface area contributed by atoms with Gasteiger partial charge in [-0.05, 0) is 6.07 Å². The molecule has 0 radical (unpaired) electrons. The summed E-state index contributed by atoms with van der Waals surface area (Å²) in [6.07, 6.45) is 0. The quantitative estimate of drug-likeness (QED) is 0.474. The lowest BCUT2D eigenvalue weighted by Crippen LogP contribution is -2.09. The van der Waals surface area contributed by atoms with Crippen molar-refractivity contribution in [2.45, 2.75) is 5.38 Å². The number of alkyl halides is 1. The predicted molar refractivity (Wildman–Crippen MR) is 58.9 cm³/mol. The van der Waals surface area contributed by atoms with E-state index in [1.165, 1.54) is 18.2 Å². The first-order chi connectivity index (χ1) is 7.54. The molecule has 0 aliphatic carbocycles. The molecule has 1 aromatic rings. The van der Waals surface area contributed by atoms with Gasteiger partial charge in [0.2, 0.25) is 0 Å². The molecule has 1 aromatic carbocycles. The molecule has 0 bridgehead atoms. The first-order valence-corrected chi connectivity index (χ1v) is 4.96. The van der Waals surface area contributed by atoms with E-state index in [0.717, 1.165) is 0 Å². The largest absolute Gasteiger partial charge is 0.489 e. The number of rotatable bonds is 4. The third-order valence-electron chi connectivity index (χ3n) is 1.65. The van der Waals surface area contributed by atoms with Crippen molar-refractivity contribution in [3.05, 3.63) is 33.3 Å². The molecular weight excluding hydrogens is 255 g/mol. The molecule has 1 atom stereocenters. The van der Waals surface area contributed by atoms with E-state index in [9.17, 15) is 10.1 Å². The van der Waals surface area contributed by atoms with Gasteiger partial charge in [-0.25, -0.2) is 0 Å². The second-order valence-electron chi connectivity index (χ2n) is 2.78. The van der Waals surface area contributed by atoms with E-state index in [1.54, 1.807) is 6.07 Å². The maximum atomic E-state index is 10.4. The number of nitro benzene ring substituents is 1. The van der Waals surface area contributed by atoms with Crippen LogP contribution >= 0.6 is 23.2 Å². The van der Waals surface area contributed by atoms with E-state index < -0.39 is 10.3 Å². The van der Waals surface area contributed by atoms with Crippen LogP contribution in [0.4, 0.5) is 5.69 Å². The Morgan fingerprint density at radius 1 is 1.62 bits per heavy atom. The Labute approximate surface area is 101 Å². The fraction of sp³-hybridized carbons (Fsp3) is 0.222. The molecule has 0 spiro atoms. The average Bonchev–Trinajstić information content (AvgIpc) is 2.26. The van der Waals surface area contributed by atoms with E-state index in [2.05, 4.69) is 0 Å². The van der Waals surface area contributed by atoms with Crippen LogP contribution in [0.15, 0.2) is 18.2 Å². The van der Waals surface area contributed by atoms with Gasteiger partial charge in [-0.2, -0.15) is 5.26 Å². The van der Waals surface area contributed by atoms with Crippen LogP contribution in [0.3, 0.4) is 0 Å². The minimum atomic E-state index is -0.786. The second kappa shape index (κ2) is 5.54. The van der Waals surface area contributed by atoms with Gasteiger partial charge < -0.3 is 4.74 Å². The van der Waals surface area contributed by atoms with Gasteiger partial charge in [0.25, 0.3) is 5.69 Å². The van der Waals surface area contributed by atoms with E-state index in [1.807, 2.05) is 0 Å². The summed E-state index contributed by atoms with van der Waals surface area (Å²) in [6, 6.07) is 5.57. The lowest BCUT2D eigenvalue weighted by molar-refractivity contribution is -0.384. The van der Waals surface area contributed by atoms with Crippen molar-refractivity contribution in [2.24, 2.45) is 0 Å². The summed E-state index contributed by atoms with van der Waals surface area (Å²) in [5, 5.41) is 18.2. The summed E-state index contributed by atoms with van der Waals surface area (Å²) in [7, 11) is 0. The normalized spacial score (nSPS) is 11.6. The van der Waals surface area contributed by atoms with Gasteiger partial charge in [0.1, 0.15) is 12.4 Å². The van der Waals surface area contributed by atoms with Crippen molar-refractivity contribution < 1.29 is 9.66 Å². The topological polar surface area (TPSA) is 76.2 Å². The van der Waals surface area contributed by atoms with Crippen molar-refractivity contribution in [1.82, 2.24) is 0 Å². The highest BCUT2D eigenvalue weighted by Gasteiger charge is 2.11. The summed E-state index contributed by atoms with van der Waals surface area (Å²) < 4.78 is 5.12. The van der Waals surface area contributed by atoms with Crippen LogP contribution in [0.5, 0.6) is 5.75 Å². The van der Waals surface area contributed by atoms with Gasteiger partial charge in [0.15, 0.2) is 5.38 Å². The van der Waals surface area contributed by atoms with Crippen LogP contribution in [0.2, 0.25) is 5.02 Å². The zero-order valence-electron chi connectivity index (χ0n) is 7.89. The molecule has 0 saturated heterocycles. The fourth-order valence-corrected chi connectivity index (χ4v) is 1.21. The molecule has 0 saturated carbocycles. The number of hydrogen-bond acceptors (Lipinski definition) is 4. The Bertz CT molecular complexity index is 445. The fourth-order valence-electron chi connectivity index (χ4n) is 0.921. The number of halogens is 2. The highest BCUT2D eigenvalue weighted by atomic mass is 35.5. The predicted octanol–water partition coefficient (Wildman–Crippen LogP) is 2.76. The van der Waals surface area contributed by atoms with Gasteiger partial charge in [0, 0.05) is 12.1 Å². The smallest absolute Gasteiger partial charge is 0.271 e. The SMILES string of the molecule is N#CC(Cl)COc1ccc([N+](=O)[O-])cc1Cl. The number of nitrogens with zero attached hydrogens (tertiary/aromatic N) is 2. The first-order valence-electron chi connectivity index (χ1n) is 4.15. The third kappa shape index (κ3) is 3.26. The standard InChI is InChI=1S/C9H6Cl2N2O3/c10-6(4-12)5-16-9-2-1-7(13(14)15)3-8(9)11/h1-3,6H,5H2. The molecule has 0 fully saturated rings. The zero-order chi connectivity index (χ0) is 12.1. The maximum Gasteiger partial charge on any atom is 0.271 e. The minimum Gasteiger partial charge on any atom is -0.489 e. The lowest BCUT2D eigenvalue weighted by Gasteiger charge is -2.07. The number of non-ortho nitro benzene ring substituents is 1. The van der Waals surface area contributed by atoms with Crippen molar-refractivity contribution in [1.29, 1.82) is 5.26 Å². The third-order valence-corrected chi connectivity index (χ3v) is 2.17. The van der Waals surface area contributed by atoms with Crippen molar-refractivity contribution >= 4 is 28.9 Å². The molecular formula is C9H6Cl2N2O3. The van der Waals surface area contributed by atoms with Crippen molar-refractivity contribution in [3.63, 3.8) is 0 Å². The number of hydrogen-bond donors (Lipinski definition) is 0. The number of nitro groups is 1. The van der Waals surface area contributed by atoms with Crippen molar-refractivity contribution in [3.8, 4) is 11.8 Å². The average molecular weight is 261 g/mol. The Hall–Kier alpha value is -1.51. The second-order valence-corrected chi connectivity index (χ2v) is 3.71. The van der Waals surface area contributed by atoms with E-state index in [0.29, 0.717) is 0 Å². The van der Waals surface area contributed by atoms with Crippen LogP contribution in [0.1, 0.15) is 0 Å². The Morgan fingerprint density at radius 2 is 2.31 bits per heavy atom. The van der Waals surface area contributed by atoms with Gasteiger partial charge in [-0.15, -0.1) is 11.6 Å². The molecule has 5 nitrogen and oxygen atoms in total. The van der Waals surface area contributed by atoms with Gasteiger partial charge >= 0.3 is 0 Å². The monoisotopic (exact) mass is 260 g/mol. The molecule has 0 aliphatic heterocycles. The molecule has 16 heavy (non-hydrogen) atoms. The number of nitriles is 1.